The van der Waals surface area contributed by atoms with Gasteiger partial charge in [-0.2, -0.15) is 0 Å². The summed E-state index contributed by atoms with van der Waals surface area (Å²) in [7, 11) is 1.75. The number of likely N-dealkylation sites (tertiary alicyclic amines) is 2. The number of hydrogen-bond acceptors (Lipinski definition) is 6. The van der Waals surface area contributed by atoms with Gasteiger partial charge in [-0.25, -0.2) is 0 Å². The van der Waals surface area contributed by atoms with Gasteiger partial charge in [0, 0.05) is 30.1 Å². The molecule has 3 rings (SSSR count). The Morgan fingerprint density at radius 2 is 1.70 bits per heavy atom. The highest BCUT2D eigenvalue weighted by Gasteiger charge is 2.40. The molecule has 0 radical (unpaired) electrons. The predicted molar refractivity (Wildman–Crippen MR) is 177 cm³/mol. The highest BCUT2D eigenvalue weighted by atomic mass is 32.1. The minimum absolute atomic E-state index is 0.0151. The van der Waals surface area contributed by atoms with Crippen LogP contribution < -0.4 is 10.6 Å². The summed E-state index contributed by atoms with van der Waals surface area (Å²) in [6, 6.07) is 2.33. The van der Waals surface area contributed by atoms with E-state index in [1.165, 1.54) is 0 Å². The van der Waals surface area contributed by atoms with Gasteiger partial charge in [-0.05, 0) is 75.8 Å². The van der Waals surface area contributed by atoms with Gasteiger partial charge >= 0.3 is 0 Å². The van der Waals surface area contributed by atoms with E-state index in [1.807, 2.05) is 58.2 Å². The molecule has 0 aromatic carbocycles. The average Bonchev–Trinajstić information content (AvgIpc) is 3.68. The van der Waals surface area contributed by atoms with Crippen LogP contribution in [0.3, 0.4) is 0 Å². The summed E-state index contributed by atoms with van der Waals surface area (Å²) < 4.78 is 0. The molecule has 246 valence electrons. The Labute approximate surface area is 268 Å². The molecule has 0 spiro atoms. The van der Waals surface area contributed by atoms with Crippen LogP contribution in [0.1, 0.15) is 92.4 Å². The summed E-state index contributed by atoms with van der Waals surface area (Å²) in [5, 5.41) is 8.10. The minimum atomic E-state index is -0.725. The molecule has 2 aliphatic heterocycles. The van der Waals surface area contributed by atoms with E-state index < -0.39 is 17.5 Å². The second-order valence-electron chi connectivity index (χ2n) is 14.1. The molecule has 0 aliphatic carbocycles. The lowest BCUT2D eigenvalue weighted by atomic mass is 9.84. The fourth-order valence-corrected chi connectivity index (χ4v) is 7.03. The first-order valence-corrected chi connectivity index (χ1v) is 17.1. The molecule has 2 aliphatic rings. The smallest absolute Gasteiger partial charge is 0.249 e. The molecule has 10 heteroatoms. The van der Waals surface area contributed by atoms with Crippen LogP contribution in [0.15, 0.2) is 29.2 Å². The number of thiophene rings is 1. The number of nitrogens with zero attached hydrogens (tertiary/aromatic N) is 3. The largest absolute Gasteiger partial charge is 0.349 e. The number of carbonyl (C=O) groups excluding carboxylic acids is 4. The summed E-state index contributed by atoms with van der Waals surface area (Å²) in [6.45, 7) is 17.8. The van der Waals surface area contributed by atoms with Gasteiger partial charge in [-0.1, -0.05) is 53.2 Å². The van der Waals surface area contributed by atoms with Gasteiger partial charge in [0.15, 0.2) is 0 Å². The zero-order valence-corrected chi connectivity index (χ0v) is 29.1. The van der Waals surface area contributed by atoms with Crippen molar-refractivity contribution in [3.63, 3.8) is 0 Å². The second kappa shape index (κ2) is 15.5. The summed E-state index contributed by atoms with van der Waals surface area (Å²) in [4.78, 5) is 61.0. The molecule has 2 fully saturated rings. The number of likely N-dealkylation sites (N-methyl/N-ethyl adjacent to an activating group) is 1. The number of nitrogens with one attached hydrogen (secondary N) is 2. The van der Waals surface area contributed by atoms with Crippen molar-refractivity contribution >= 4 is 35.0 Å². The summed E-state index contributed by atoms with van der Waals surface area (Å²) in [5.41, 5.74) is -0.0133. The van der Waals surface area contributed by atoms with E-state index in [0.717, 1.165) is 37.1 Å². The van der Waals surface area contributed by atoms with Crippen molar-refractivity contribution in [2.45, 2.75) is 124 Å². The van der Waals surface area contributed by atoms with Gasteiger partial charge in [-0.3, -0.25) is 24.1 Å². The van der Waals surface area contributed by atoms with Crippen molar-refractivity contribution in [3.05, 3.63) is 34.0 Å². The monoisotopic (exact) mass is 629 g/mol. The first-order chi connectivity index (χ1) is 20.6. The van der Waals surface area contributed by atoms with Crippen molar-refractivity contribution in [2.24, 2.45) is 11.3 Å². The van der Waals surface area contributed by atoms with Gasteiger partial charge in [0.1, 0.15) is 12.1 Å². The lowest BCUT2D eigenvalue weighted by Gasteiger charge is -2.41. The first kappa shape index (κ1) is 35.8. The fourth-order valence-electron chi connectivity index (χ4n) is 6.38. The summed E-state index contributed by atoms with van der Waals surface area (Å²) in [5.74, 6) is -0.582. The van der Waals surface area contributed by atoms with Crippen LogP contribution in [0.4, 0.5) is 0 Å². The number of hydrogen-bond donors (Lipinski definition) is 2. The number of amides is 4. The van der Waals surface area contributed by atoms with Gasteiger partial charge in [0.05, 0.1) is 18.6 Å². The molecule has 0 bridgehead atoms. The normalized spacial score (nSPS) is 21.3. The fraction of sp³-hybridized carbons (Fsp3) is 0.706. The van der Waals surface area contributed by atoms with Crippen molar-refractivity contribution < 1.29 is 19.2 Å². The van der Waals surface area contributed by atoms with Crippen molar-refractivity contribution in [1.82, 2.24) is 25.3 Å². The lowest BCUT2D eigenvalue weighted by molar-refractivity contribution is -0.142. The third kappa shape index (κ3) is 8.93. The van der Waals surface area contributed by atoms with Crippen LogP contribution >= 0.6 is 11.3 Å². The van der Waals surface area contributed by atoms with E-state index in [0.29, 0.717) is 25.1 Å². The average molecular weight is 630 g/mol. The zero-order valence-electron chi connectivity index (χ0n) is 28.3. The molecule has 1 unspecified atom stereocenters. The molecule has 4 atom stereocenters. The highest BCUT2D eigenvalue weighted by molar-refractivity contribution is 7.09. The van der Waals surface area contributed by atoms with Crippen LogP contribution in [0.5, 0.6) is 0 Å². The molecule has 2 N–H and O–H groups in total. The maximum atomic E-state index is 14.1. The molecular formula is C34H55N5O4S. The van der Waals surface area contributed by atoms with Gasteiger partial charge in [0.2, 0.25) is 23.6 Å². The van der Waals surface area contributed by atoms with Gasteiger partial charge in [0.25, 0.3) is 0 Å². The Morgan fingerprint density at radius 3 is 2.30 bits per heavy atom. The standard InChI is InChI=1S/C34H55N5O4S/c1-22(2)28(20-24(5)32(42)39-18-12-16-26(39)30(40)35-21-25-14-13-19-44-25)37(9)33(43)29(34(6,7)8)36-31(41)27-15-10-11-17-38(27)23(3)4/h13-14,19-20,22-23,26-29H,10-12,15-18,21H2,1-9H3,(H,35,40)(H,36,41)/b24-20+/t26-,27+,28?,29+/m0/s1. The number of piperidine rings is 1. The van der Waals surface area contributed by atoms with Gasteiger partial charge in [-0.15, -0.1) is 11.3 Å². The van der Waals surface area contributed by atoms with Crippen molar-refractivity contribution in [2.75, 3.05) is 20.1 Å². The van der Waals surface area contributed by atoms with E-state index in [9.17, 15) is 19.2 Å². The molecule has 4 amide bonds. The van der Waals surface area contributed by atoms with E-state index in [2.05, 4.69) is 29.4 Å². The molecule has 1 aromatic rings. The Bertz CT molecular complexity index is 1170. The summed E-state index contributed by atoms with van der Waals surface area (Å²) >= 11 is 1.59. The molecule has 0 saturated carbocycles. The molecule has 3 heterocycles. The van der Waals surface area contributed by atoms with E-state index in [-0.39, 0.29) is 47.7 Å². The molecule has 2 saturated heterocycles. The zero-order chi connectivity index (χ0) is 32.8. The molecular weight excluding hydrogens is 574 g/mol. The van der Waals surface area contributed by atoms with E-state index >= 15 is 0 Å². The predicted octanol–water partition coefficient (Wildman–Crippen LogP) is 4.58. The highest BCUT2D eigenvalue weighted by Crippen LogP contribution is 2.27. The second-order valence-corrected chi connectivity index (χ2v) is 15.2. The Kier molecular flexibility index (Phi) is 12.6. The van der Waals surface area contributed by atoms with E-state index in [1.54, 1.807) is 35.1 Å². The topological polar surface area (TPSA) is 102 Å². The van der Waals surface area contributed by atoms with Crippen LogP contribution in [0, 0.1) is 11.3 Å². The van der Waals surface area contributed by atoms with Crippen LogP contribution in [0.2, 0.25) is 0 Å². The Balaban J connectivity index is 1.75. The Hall–Kier alpha value is -2.72. The van der Waals surface area contributed by atoms with Crippen molar-refractivity contribution in [3.8, 4) is 0 Å². The quantitative estimate of drug-likeness (QED) is 0.349. The first-order valence-electron chi connectivity index (χ1n) is 16.3. The van der Waals surface area contributed by atoms with Crippen LogP contribution in [-0.4, -0.2) is 88.7 Å². The maximum absolute atomic E-state index is 14.1. The van der Waals surface area contributed by atoms with Gasteiger partial charge < -0.3 is 20.4 Å². The number of carbonyl (C=O) groups is 4. The lowest BCUT2D eigenvalue weighted by Crippen LogP contribution is -2.60. The molecule has 9 nitrogen and oxygen atoms in total. The summed E-state index contributed by atoms with van der Waals surface area (Å²) in [6.07, 6.45) is 6.11. The third-order valence-corrected chi connectivity index (χ3v) is 9.86. The van der Waals surface area contributed by atoms with E-state index in [4.69, 9.17) is 0 Å². The third-order valence-electron chi connectivity index (χ3n) is 8.98. The molecule has 1 aromatic heterocycles. The molecule has 44 heavy (non-hydrogen) atoms. The van der Waals surface area contributed by atoms with Crippen molar-refractivity contribution in [1.29, 1.82) is 0 Å². The van der Waals surface area contributed by atoms with Crippen LogP contribution in [-0.2, 0) is 25.7 Å². The number of rotatable bonds is 11. The minimum Gasteiger partial charge on any atom is -0.349 e. The Morgan fingerprint density at radius 1 is 1.02 bits per heavy atom. The maximum Gasteiger partial charge on any atom is 0.249 e. The SMILES string of the molecule is C/C(=C\C(C(C)C)N(C)C(=O)[C@@H](NC(=O)[C@H]1CCCCN1C(C)C)C(C)(C)C)C(=O)N1CCC[C@H]1C(=O)NCc1cccs1. The van der Waals surface area contributed by atoms with Crippen LogP contribution in [0.25, 0.3) is 0 Å².